The van der Waals surface area contributed by atoms with Crippen LogP contribution in [0.2, 0.25) is 0 Å². The summed E-state index contributed by atoms with van der Waals surface area (Å²) < 4.78 is 13.2. The number of aromatic nitrogens is 1. The van der Waals surface area contributed by atoms with E-state index in [2.05, 4.69) is 10.3 Å². The number of rotatable bonds is 3. The van der Waals surface area contributed by atoms with Crippen LogP contribution >= 0.6 is 0 Å². The van der Waals surface area contributed by atoms with E-state index in [1.54, 1.807) is 18.3 Å². The Labute approximate surface area is 123 Å². The molecule has 0 bridgehead atoms. The number of benzene rings is 1. The number of aliphatic hydroxyl groups is 1. The Morgan fingerprint density at radius 1 is 1.10 bits per heavy atom. The zero-order valence-corrected chi connectivity index (χ0v) is 11.8. The van der Waals surface area contributed by atoms with Gasteiger partial charge in [-0.25, -0.2) is 4.39 Å². The van der Waals surface area contributed by atoms with E-state index in [0.29, 0.717) is 11.3 Å². The Kier molecular flexibility index (Phi) is 3.99. The minimum atomic E-state index is -1.17. The molecule has 2 heterocycles. The van der Waals surface area contributed by atoms with Crippen LogP contribution in [0.4, 0.5) is 4.39 Å². The summed E-state index contributed by atoms with van der Waals surface area (Å²) in [5.41, 5.74) is 0.162. The highest BCUT2D eigenvalue weighted by Gasteiger charge is 2.41. The summed E-state index contributed by atoms with van der Waals surface area (Å²) in [6, 6.07) is 11.6. The van der Waals surface area contributed by atoms with E-state index in [4.69, 9.17) is 0 Å². The molecular formula is C17H19FN2O. The topological polar surface area (TPSA) is 45.2 Å². The molecule has 1 aromatic carbocycles. The van der Waals surface area contributed by atoms with Crippen LogP contribution in [-0.2, 0) is 5.60 Å². The molecule has 0 spiro atoms. The summed E-state index contributed by atoms with van der Waals surface area (Å²) >= 11 is 0. The lowest BCUT2D eigenvalue weighted by Crippen LogP contribution is -2.43. The maximum absolute atomic E-state index is 13.2. The molecule has 3 nitrogen and oxygen atoms in total. The van der Waals surface area contributed by atoms with Gasteiger partial charge in [-0.05, 0) is 55.8 Å². The molecule has 2 N–H and O–H groups in total. The lowest BCUT2D eigenvalue weighted by atomic mass is 9.74. The SMILES string of the molecule is O[C@@](c1ccc(F)cc1)(c1ccccn1)C1CCNCC1. The molecule has 0 unspecified atom stereocenters. The molecule has 1 aliphatic rings. The fraction of sp³-hybridized carbons (Fsp3) is 0.353. The fourth-order valence-corrected chi connectivity index (χ4v) is 3.12. The fourth-order valence-electron chi connectivity index (χ4n) is 3.12. The van der Waals surface area contributed by atoms with Crippen molar-refractivity contribution >= 4 is 0 Å². The number of halogens is 1. The van der Waals surface area contributed by atoms with Crippen LogP contribution in [0.25, 0.3) is 0 Å². The number of nitrogens with one attached hydrogen (secondary N) is 1. The third-order valence-electron chi connectivity index (χ3n) is 4.27. The first-order valence-corrected chi connectivity index (χ1v) is 7.32. The third-order valence-corrected chi connectivity index (χ3v) is 4.27. The number of hydrogen-bond acceptors (Lipinski definition) is 3. The molecule has 3 rings (SSSR count). The zero-order valence-electron chi connectivity index (χ0n) is 11.8. The van der Waals surface area contributed by atoms with E-state index in [-0.39, 0.29) is 11.7 Å². The molecule has 21 heavy (non-hydrogen) atoms. The molecule has 1 aliphatic heterocycles. The van der Waals surface area contributed by atoms with Crippen molar-refractivity contribution in [2.45, 2.75) is 18.4 Å². The predicted molar refractivity (Wildman–Crippen MR) is 79.2 cm³/mol. The molecule has 1 fully saturated rings. The first kappa shape index (κ1) is 14.2. The minimum absolute atomic E-state index is 0.0686. The maximum atomic E-state index is 13.2. The monoisotopic (exact) mass is 286 g/mol. The number of hydrogen-bond donors (Lipinski definition) is 2. The van der Waals surface area contributed by atoms with Crippen molar-refractivity contribution in [1.82, 2.24) is 10.3 Å². The second-order valence-electron chi connectivity index (χ2n) is 5.51. The highest BCUT2D eigenvalue weighted by Crippen LogP contribution is 2.40. The number of piperidine rings is 1. The summed E-state index contributed by atoms with van der Waals surface area (Å²) in [6.45, 7) is 1.75. The van der Waals surface area contributed by atoms with E-state index in [1.807, 2.05) is 18.2 Å². The molecule has 1 atom stereocenters. The van der Waals surface area contributed by atoms with Crippen LogP contribution in [0.5, 0.6) is 0 Å². The summed E-state index contributed by atoms with van der Waals surface area (Å²) in [5, 5.41) is 14.8. The van der Waals surface area contributed by atoms with Crippen molar-refractivity contribution in [3.8, 4) is 0 Å². The molecule has 1 aromatic heterocycles. The van der Waals surface area contributed by atoms with Crippen LogP contribution in [0.1, 0.15) is 24.1 Å². The lowest BCUT2D eigenvalue weighted by Gasteiger charge is -2.38. The molecule has 2 aromatic rings. The average molecular weight is 286 g/mol. The normalized spacial score (nSPS) is 19.1. The number of pyridine rings is 1. The van der Waals surface area contributed by atoms with Crippen LogP contribution < -0.4 is 5.32 Å². The molecular weight excluding hydrogens is 267 g/mol. The van der Waals surface area contributed by atoms with E-state index >= 15 is 0 Å². The quantitative estimate of drug-likeness (QED) is 0.911. The van der Waals surface area contributed by atoms with Crippen molar-refractivity contribution in [3.63, 3.8) is 0 Å². The van der Waals surface area contributed by atoms with Crippen molar-refractivity contribution in [1.29, 1.82) is 0 Å². The Balaban J connectivity index is 2.07. The van der Waals surface area contributed by atoms with Crippen molar-refractivity contribution in [3.05, 3.63) is 65.7 Å². The minimum Gasteiger partial charge on any atom is -0.378 e. The van der Waals surface area contributed by atoms with Crippen molar-refractivity contribution in [2.24, 2.45) is 5.92 Å². The maximum Gasteiger partial charge on any atom is 0.134 e. The van der Waals surface area contributed by atoms with Crippen LogP contribution in [0.15, 0.2) is 48.7 Å². The van der Waals surface area contributed by atoms with Gasteiger partial charge in [0.25, 0.3) is 0 Å². The second-order valence-corrected chi connectivity index (χ2v) is 5.51. The highest BCUT2D eigenvalue weighted by atomic mass is 19.1. The van der Waals surface area contributed by atoms with Gasteiger partial charge >= 0.3 is 0 Å². The van der Waals surface area contributed by atoms with Crippen LogP contribution in [-0.4, -0.2) is 23.2 Å². The highest BCUT2D eigenvalue weighted by molar-refractivity contribution is 5.33. The predicted octanol–water partition coefficient (Wildman–Crippen LogP) is 2.46. The summed E-state index contributed by atoms with van der Waals surface area (Å²) in [6.07, 6.45) is 3.42. The molecule has 0 amide bonds. The Morgan fingerprint density at radius 2 is 1.81 bits per heavy atom. The van der Waals surface area contributed by atoms with Gasteiger partial charge in [-0.2, -0.15) is 0 Å². The molecule has 0 aliphatic carbocycles. The van der Waals surface area contributed by atoms with Gasteiger partial charge in [-0.3, -0.25) is 4.98 Å². The van der Waals surface area contributed by atoms with E-state index in [9.17, 15) is 9.50 Å². The number of nitrogens with zero attached hydrogens (tertiary/aromatic N) is 1. The van der Waals surface area contributed by atoms with E-state index in [0.717, 1.165) is 25.9 Å². The van der Waals surface area contributed by atoms with Crippen molar-refractivity contribution in [2.75, 3.05) is 13.1 Å². The van der Waals surface area contributed by atoms with E-state index in [1.165, 1.54) is 12.1 Å². The lowest BCUT2D eigenvalue weighted by molar-refractivity contribution is -0.00146. The summed E-state index contributed by atoms with van der Waals surface area (Å²) in [7, 11) is 0. The van der Waals surface area contributed by atoms with Gasteiger partial charge in [-0.15, -0.1) is 0 Å². The molecule has 4 heteroatoms. The van der Waals surface area contributed by atoms with Gasteiger partial charge in [-0.1, -0.05) is 18.2 Å². The molecule has 0 radical (unpaired) electrons. The molecule has 110 valence electrons. The van der Waals surface area contributed by atoms with E-state index < -0.39 is 5.60 Å². The van der Waals surface area contributed by atoms with Crippen LogP contribution in [0.3, 0.4) is 0 Å². The average Bonchev–Trinajstić information content (AvgIpc) is 2.56. The standard InChI is InChI=1S/C17H19FN2O/c18-15-6-4-13(5-7-15)17(21,14-8-11-19-12-9-14)16-3-1-2-10-20-16/h1-7,10,14,19,21H,8-9,11-12H2/t17-/m1/s1. The van der Waals surface area contributed by atoms with Gasteiger partial charge in [0.15, 0.2) is 0 Å². The zero-order chi connectivity index (χ0) is 14.7. The Hall–Kier alpha value is -1.78. The van der Waals surface area contributed by atoms with Crippen LogP contribution in [0, 0.1) is 11.7 Å². The first-order chi connectivity index (χ1) is 10.2. The molecule has 1 saturated heterocycles. The van der Waals surface area contributed by atoms with Gasteiger partial charge in [0.05, 0.1) is 5.69 Å². The van der Waals surface area contributed by atoms with Gasteiger partial charge < -0.3 is 10.4 Å². The third kappa shape index (κ3) is 2.69. The largest absolute Gasteiger partial charge is 0.378 e. The second kappa shape index (κ2) is 5.92. The summed E-state index contributed by atoms with van der Waals surface area (Å²) in [4.78, 5) is 4.36. The smallest absolute Gasteiger partial charge is 0.134 e. The van der Waals surface area contributed by atoms with Gasteiger partial charge in [0, 0.05) is 12.1 Å². The van der Waals surface area contributed by atoms with Crippen molar-refractivity contribution < 1.29 is 9.50 Å². The Morgan fingerprint density at radius 3 is 2.43 bits per heavy atom. The molecule has 0 saturated carbocycles. The summed E-state index contributed by atoms with van der Waals surface area (Å²) in [5.74, 6) is -0.230. The van der Waals surface area contributed by atoms with Gasteiger partial charge in [0.2, 0.25) is 0 Å². The first-order valence-electron chi connectivity index (χ1n) is 7.32. The van der Waals surface area contributed by atoms with Gasteiger partial charge in [0.1, 0.15) is 11.4 Å². The Bertz CT molecular complexity index is 581.